The minimum absolute atomic E-state index is 0.0427. The molecule has 3 N–H and O–H groups in total. The Balaban J connectivity index is 2.81. The van der Waals surface area contributed by atoms with Crippen LogP contribution in [-0.4, -0.2) is 13.0 Å². The molecule has 4 nitrogen and oxygen atoms in total. The lowest BCUT2D eigenvalue weighted by molar-refractivity contribution is 0.482. The summed E-state index contributed by atoms with van der Waals surface area (Å²) in [4.78, 5) is -0.126. The first-order chi connectivity index (χ1) is 8.95. The van der Waals surface area contributed by atoms with E-state index < -0.39 is 10.1 Å². The summed E-state index contributed by atoms with van der Waals surface area (Å²) in [6.07, 6.45) is 0. The van der Waals surface area contributed by atoms with Crippen LogP contribution in [0.2, 0.25) is 0 Å². The van der Waals surface area contributed by atoms with E-state index >= 15 is 0 Å². The van der Waals surface area contributed by atoms with Gasteiger partial charge in [0.15, 0.2) is 0 Å². The SMILES string of the molecule is Cc1ccc(S(=O)(=O)O)c(CN)c1-c1ccccc1. The minimum Gasteiger partial charge on any atom is -0.326 e. The van der Waals surface area contributed by atoms with Crippen LogP contribution in [0.3, 0.4) is 0 Å². The molecule has 0 spiro atoms. The van der Waals surface area contributed by atoms with Gasteiger partial charge in [-0.1, -0.05) is 36.4 Å². The summed E-state index contributed by atoms with van der Waals surface area (Å²) in [5.41, 5.74) is 8.68. The average molecular weight is 277 g/mol. The van der Waals surface area contributed by atoms with E-state index in [9.17, 15) is 13.0 Å². The Morgan fingerprint density at radius 3 is 2.26 bits per heavy atom. The Bertz CT molecular complexity index is 694. The molecule has 0 atom stereocenters. The lowest BCUT2D eigenvalue weighted by atomic mass is 9.95. The van der Waals surface area contributed by atoms with Gasteiger partial charge >= 0.3 is 0 Å². The normalized spacial score (nSPS) is 11.5. The molecule has 0 heterocycles. The van der Waals surface area contributed by atoms with Crippen molar-refractivity contribution in [3.8, 4) is 11.1 Å². The Morgan fingerprint density at radius 2 is 1.74 bits per heavy atom. The van der Waals surface area contributed by atoms with Crippen molar-refractivity contribution in [1.82, 2.24) is 0 Å². The first-order valence-corrected chi connectivity index (χ1v) is 7.24. The van der Waals surface area contributed by atoms with Crippen LogP contribution in [0.5, 0.6) is 0 Å². The van der Waals surface area contributed by atoms with Crippen molar-refractivity contribution in [1.29, 1.82) is 0 Å². The second-order valence-electron chi connectivity index (χ2n) is 4.28. The fourth-order valence-electron chi connectivity index (χ4n) is 2.20. The Labute approximate surface area is 112 Å². The summed E-state index contributed by atoms with van der Waals surface area (Å²) in [7, 11) is -4.27. The zero-order valence-electron chi connectivity index (χ0n) is 10.5. The third kappa shape index (κ3) is 2.68. The third-order valence-corrected chi connectivity index (χ3v) is 3.96. The summed E-state index contributed by atoms with van der Waals surface area (Å²) in [6.45, 7) is 1.93. The van der Waals surface area contributed by atoms with Crippen molar-refractivity contribution in [3.05, 3.63) is 53.6 Å². The van der Waals surface area contributed by atoms with Crippen molar-refractivity contribution in [2.24, 2.45) is 5.73 Å². The van der Waals surface area contributed by atoms with Crippen LogP contribution < -0.4 is 5.73 Å². The number of nitrogens with two attached hydrogens (primary N) is 1. The summed E-state index contributed by atoms with van der Waals surface area (Å²) in [5, 5.41) is 0. The maximum atomic E-state index is 11.4. The van der Waals surface area contributed by atoms with E-state index in [0.717, 1.165) is 16.7 Å². The fraction of sp³-hybridized carbons (Fsp3) is 0.143. The number of hydrogen-bond acceptors (Lipinski definition) is 3. The quantitative estimate of drug-likeness (QED) is 0.844. The number of rotatable bonds is 3. The van der Waals surface area contributed by atoms with Crippen LogP contribution in [0.1, 0.15) is 11.1 Å². The zero-order valence-corrected chi connectivity index (χ0v) is 11.3. The molecule has 100 valence electrons. The van der Waals surface area contributed by atoms with Gasteiger partial charge in [-0.2, -0.15) is 8.42 Å². The van der Waals surface area contributed by atoms with Gasteiger partial charge in [-0.25, -0.2) is 0 Å². The van der Waals surface area contributed by atoms with Crippen LogP contribution in [0.25, 0.3) is 11.1 Å². The molecular formula is C14H15NO3S. The molecule has 0 unspecified atom stereocenters. The van der Waals surface area contributed by atoms with E-state index in [4.69, 9.17) is 5.73 Å². The van der Waals surface area contributed by atoms with E-state index in [2.05, 4.69) is 0 Å². The molecule has 0 saturated heterocycles. The largest absolute Gasteiger partial charge is 0.326 e. The van der Waals surface area contributed by atoms with Crippen LogP contribution in [0.15, 0.2) is 47.4 Å². The Hall–Kier alpha value is -1.69. The Kier molecular flexibility index (Phi) is 3.71. The lowest BCUT2D eigenvalue weighted by Gasteiger charge is -2.15. The maximum absolute atomic E-state index is 11.4. The number of aryl methyl sites for hydroxylation is 1. The molecule has 0 bridgehead atoms. The summed E-state index contributed by atoms with van der Waals surface area (Å²) in [5.74, 6) is 0. The zero-order chi connectivity index (χ0) is 14.0. The third-order valence-electron chi connectivity index (χ3n) is 3.02. The van der Waals surface area contributed by atoms with Gasteiger partial charge in [0.05, 0.1) is 4.90 Å². The summed E-state index contributed by atoms with van der Waals surface area (Å²) in [6, 6.07) is 12.5. The van der Waals surface area contributed by atoms with E-state index in [1.165, 1.54) is 6.07 Å². The van der Waals surface area contributed by atoms with E-state index in [-0.39, 0.29) is 11.4 Å². The van der Waals surface area contributed by atoms with Crippen LogP contribution >= 0.6 is 0 Å². The first kappa shape index (κ1) is 13.7. The predicted octanol–water partition coefficient (Wildman–Crippen LogP) is 2.37. The highest BCUT2D eigenvalue weighted by Gasteiger charge is 2.19. The van der Waals surface area contributed by atoms with E-state index in [0.29, 0.717) is 5.56 Å². The first-order valence-electron chi connectivity index (χ1n) is 5.80. The highest BCUT2D eigenvalue weighted by molar-refractivity contribution is 7.85. The molecule has 2 aromatic carbocycles. The molecule has 0 aliphatic heterocycles. The van der Waals surface area contributed by atoms with E-state index in [1.54, 1.807) is 6.07 Å². The van der Waals surface area contributed by atoms with Gasteiger partial charge in [0, 0.05) is 6.54 Å². The predicted molar refractivity (Wildman–Crippen MR) is 74.3 cm³/mol. The van der Waals surface area contributed by atoms with Crippen molar-refractivity contribution in [3.63, 3.8) is 0 Å². The molecule has 0 aliphatic carbocycles. The van der Waals surface area contributed by atoms with Gasteiger partial charge in [-0.05, 0) is 35.2 Å². The van der Waals surface area contributed by atoms with Crippen LogP contribution in [0, 0.1) is 6.92 Å². The van der Waals surface area contributed by atoms with Crippen molar-refractivity contribution >= 4 is 10.1 Å². The van der Waals surface area contributed by atoms with Crippen LogP contribution in [-0.2, 0) is 16.7 Å². The van der Waals surface area contributed by atoms with Crippen molar-refractivity contribution in [2.45, 2.75) is 18.4 Å². The smallest absolute Gasteiger partial charge is 0.294 e. The summed E-state index contributed by atoms with van der Waals surface area (Å²) >= 11 is 0. The molecule has 19 heavy (non-hydrogen) atoms. The number of hydrogen-bond donors (Lipinski definition) is 2. The minimum atomic E-state index is -4.27. The highest BCUT2D eigenvalue weighted by atomic mass is 32.2. The molecule has 2 rings (SSSR count). The molecule has 0 aliphatic rings. The molecule has 5 heteroatoms. The molecule has 0 fully saturated rings. The topological polar surface area (TPSA) is 80.4 Å². The molecule has 0 aromatic heterocycles. The van der Waals surface area contributed by atoms with Gasteiger partial charge in [0.25, 0.3) is 10.1 Å². The maximum Gasteiger partial charge on any atom is 0.294 e. The van der Waals surface area contributed by atoms with Gasteiger partial charge < -0.3 is 5.73 Å². The average Bonchev–Trinajstić information content (AvgIpc) is 2.37. The lowest BCUT2D eigenvalue weighted by Crippen LogP contribution is -2.09. The summed E-state index contributed by atoms with van der Waals surface area (Å²) < 4.78 is 32.1. The Morgan fingerprint density at radius 1 is 1.11 bits per heavy atom. The second-order valence-corrected chi connectivity index (χ2v) is 5.67. The molecular weight excluding hydrogens is 262 g/mol. The standard InChI is InChI=1S/C14H15NO3S/c1-10-7-8-13(19(16,17)18)12(9-15)14(10)11-5-3-2-4-6-11/h2-8H,9,15H2,1H3,(H,16,17,18). The molecule has 2 aromatic rings. The van der Waals surface area contributed by atoms with Gasteiger partial charge in [-0.3, -0.25) is 4.55 Å². The monoisotopic (exact) mass is 277 g/mol. The van der Waals surface area contributed by atoms with Gasteiger partial charge in [-0.15, -0.1) is 0 Å². The van der Waals surface area contributed by atoms with Crippen molar-refractivity contribution < 1.29 is 13.0 Å². The van der Waals surface area contributed by atoms with Gasteiger partial charge in [0.2, 0.25) is 0 Å². The van der Waals surface area contributed by atoms with Gasteiger partial charge in [0.1, 0.15) is 0 Å². The van der Waals surface area contributed by atoms with E-state index in [1.807, 2.05) is 37.3 Å². The second kappa shape index (κ2) is 5.13. The molecule has 0 radical (unpaired) electrons. The number of benzene rings is 2. The van der Waals surface area contributed by atoms with Crippen LogP contribution in [0.4, 0.5) is 0 Å². The fourth-order valence-corrected chi connectivity index (χ4v) is 2.93. The highest BCUT2D eigenvalue weighted by Crippen LogP contribution is 2.31. The molecule has 0 amide bonds. The molecule has 0 saturated carbocycles. The van der Waals surface area contributed by atoms with Crippen molar-refractivity contribution in [2.75, 3.05) is 0 Å².